The van der Waals surface area contributed by atoms with E-state index in [9.17, 15) is 8.42 Å². The van der Waals surface area contributed by atoms with Crippen LogP contribution in [-0.2, 0) is 16.6 Å². The third kappa shape index (κ3) is 3.60. The average molecular weight is 397 g/mol. The van der Waals surface area contributed by atoms with Crippen molar-refractivity contribution in [1.29, 1.82) is 0 Å². The maximum Gasteiger partial charge on any atom is 0.286 e. The van der Waals surface area contributed by atoms with E-state index < -0.39 is 10.0 Å². The summed E-state index contributed by atoms with van der Waals surface area (Å²) in [5.41, 5.74) is 0.638. The number of aromatic nitrogens is 4. The summed E-state index contributed by atoms with van der Waals surface area (Å²) in [5.74, 6) is 0.447. The van der Waals surface area contributed by atoms with Crippen molar-refractivity contribution in [2.75, 3.05) is 5.32 Å². The van der Waals surface area contributed by atoms with Gasteiger partial charge in [0.1, 0.15) is 0 Å². The second kappa shape index (κ2) is 7.29. The van der Waals surface area contributed by atoms with E-state index in [1.54, 1.807) is 54.1 Å². The van der Waals surface area contributed by atoms with Gasteiger partial charge in [-0.1, -0.05) is 24.3 Å². The van der Waals surface area contributed by atoms with E-state index in [1.165, 1.54) is 12.1 Å². The molecule has 0 spiro atoms. The molecule has 0 aliphatic rings. The third-order valence-electron chi connectivity index (χ3n) is 3.77. The summed E-state index contributed by atoms with van der Waals surface area (Å²) in [6.07, 6.45) is 3.23. The highest BCUT2D eigenvalue weighted by Gasteiger charge is 2.24. The van der Waals surface area contributed by atoms with Gasteiger partial charge in [-0.15, -0.1) is 20.5 Å². The summed E-state index contributed by atoms with van der Waals surface area (Å²) in [6.45, 7) is 0.452. The lowest BCUT2D eigenvalue weighted by molar-refractivity contribution is 0.581. The molecular formula is C18H15N5O2S2. The molecule has 4 aromatic rings. The van der Waals surface area contributed by atoms with Crippen LogP contribution in [0.25, 0.3) is 11.4 Å². The fourth-order valence-electron chi connectivity index (χ4n) is 2.46. The highest BCUT2D eigenvalue weighted by atomic mass is 32.2. The molecule has 0 fully saturated rings. The Hall–Kier alpha value is -3.04. The molecule has 0 saturated carbocycles. The molecule has 27 heavy (non-hydrogen) atoms. The molecule has 0 unspecified atom stereocenters. The monoisotopic (exact) mass is 397 g/mol. The van der Waals surface area contributed by atoms with Gasteiger partial charge in [-0.2, -0.15) is 13.4 Å². The number of nitrogens with zero attached hydrogens (tertiary/aromatic N) is 4. The Morgan fingerprint density at radius 2 is 1.89 bits per heavy atom. The van der Waals surface area contributed by atoms with Gasteiger partial charge in [0.05, 0.1) is 11.4 Å². The molecule has 3 aromatic heterocycles. The molecule has 1 aromatic carbocycles. The summed E-state index contributed by atoms with van der Waals surface area (Å²) in [7, 11) is -3.88. The van der Waals surface area contributed by atoms with Crippen LogP contribution in [0, 0.1) is 0 Å². The number of rotatable bonds is 6. The van der Waals surface area contributed by atoms with E-state index in [4.69, 9.17) is 0 Å². The van der Waals surface area contributed by atoms with Gasteiger partial charge in [-0.05, 0) is 35.7 Å². The number of pyridine rings is 1. The maximum atomic E-state index is 13.1. The van der Waals surface area contributed by atoms with Crippen molar-refractivity contribution >= 4 is 27.3 Å². The summed E-state index contributed by atoms with van der Waals surface area (Å²) in [4.78, 5) is 9.65. The van der Waals surface area contributed by atoms with Crippen molar-refractivity contribution in [3.63, 3.8) is 0 Å². The lowest BCUT2D eigenvalue weighted by Gasteiger charge is -2.08. The van der Waals surface area contributed by atoms with E-state index in [1.807, 2.05) is 17.5 Å². The molecule has 0 amide bonds. The topological polar surface area (TPSA) is 89.8 Å². The molecule has 9 heteroatoms. The van der Waals surface area contributed by atoms with E-state index in [0.717, 1.165) is 8.96 Å². The number of thiophene rings is 1. The molecule has 0 aliphatic heterocycles. The van der Waals surface area contributed by atoms with Crippen LogP contribution in [0.3, 0.4) is 0 Å². The highest BCUT2D eigenvalue weighted by molar-refractivity contribution is 7.90. The minimum Gasteiger partial charge on any atom is -0.349 e. The molecule has 1 N–H and O–H groups in total. The molecule has 0 aliphatic carbocycles. The first kappa shape index (κ1) is 17.4. The first-order valence-corrected chi connectivity index (χ1v) is 10.4. The molecule has 4 rings (SSSR count). The lowest BCUT2D eigenvalue weighted by atomic mass is 10.3. The third-order valence-corrected chi connectivity index (χ3v) is 6.22. The van der Waals surface area contributed by atoms with Crippen molar-refractivity contribution in [2.45, 2.75) is 11.4 Å². The average Bonchev–Trinajstić information content (AvgIpc) is 3.38. The van der Waals surface area contributed by atoms with Crippen molar-refractivity contribution in [1.82, 2.24) is 19.2 Å². The van der Waals surface area contributed by atoms with Crippen molar-refractivity contribution in [3.05, 3.63) is 77.2 Å². The summed E-state index contributed by atoms with van der Waals surface area (Å²) in [5, 5.41) is 9.29. The van der Waals surface area contributed by atoms with Crippen LogP contribution in [-0.4, -0.2) is 27.6 Å². The van der Waals surface area contributed by atoms with Gasteiger partial charge >= 0.3 is 0 Å². The van der Waals surface area contributed by atoms with Crippen LogP contribution in [0.4, 0.5) is 5.95 Å². The highest BCUT2D eigenvalue weighted by Crippen LogP contribution is 2.22. The quantitative estimate of drug-likeness (QED) is 0.537. The second-order valence-electron chi connectivity index (χ2n) is 5.59. The van der Waals surface area contributed by atoms with Gasteiger partial charge < -0.3 is 5.32 Å². The predicted molar refractivity (Wildman–Crippen MR) is 104 cm³/mol. The van der Waals surface area contributed by atoms with Crippen molar-refractivity contribution in [3.8, 4) is 11.4 Å². The van der Waals surface area contributed by atoms with E-state index in [2.05, 4.69) is 20.4 Å². The van der Waals surface area contributed by atoms with Gasteiger partial charge in [-0.25, -0.2) is 0 Å². The van der Waals surface area contributed by atoms with Gasteiger partial charge in [0.25, 0.3) is 10.0 Å². The molecular weight excluding hydrogens is 382 g/mol. The fourth-order valence-corrected chi connectivity index (χ4v) is 4.33. The lowest BCUT2D eigenvalue weighted by Crippen LogP contribution is -2.18. The zero-order chi connectivity index (χ0) is 18.7. The SMILES string of the molecule is O=S(=O)(c1ccccc1)n1nc(-c2cccnc2)nc1NCc1cccs1. The van der Waals surface area contributed by atoms with Gasteiger partial charge in [0, 0.05) is 22.8 Å². The Kier molecular flexibility index (Phi) is 4.69. The van der Waals surface area contributed by atoms with Crippen molar-refractivity contribution < 1.29 is 8.42 Å². The molecule has 0 atom stereocenters. The molecule has 136 valence electrons. The summed E-state index contributed by atoms with van der Waals surface area (Å²) < 4.78 is 27.1. The number of anilines is 1. The zero-order valence-corrected chi connectivity index (χ0v) is 15.7. The Labute approximate surface area is 160 Å². The minimum atomic E-state index is -3.88. The van der Waals surface area contributed by atoms with E-state index in [0.29, 0.717) is 12.1 Å². The number of hydrogen-bond donors (Lipinski definition) is 1. The molecule has 0 bridgehead atoms. The van der Waals surface area contributed by atoms with Crippen LogP contribution in [0.15, 0.2) is 77.3 Å². The van der Waals surface area contributed by atoms with E-state index in [-0.39, 0.29) is 16.7 Å². The largest absolute Gasteiger partial charge is 0.349 e. The van der Waals surface area contributed by atoms with Crippen LogP contribution in [0.2, 0.25) is 0 Å². The van der Waals surface area contributed by atoms with Crippen LogP contribution in [0.5, 0.6) is 0 Å². The Balaban J connectivity index is 1.77. The van der Waals surface area contributed by atoms with Gasteiger partial charge in [-0.3, -0.25) is 4.98 Å². The van der Waals surface area contributed by atoms with Gasteiger partial charge in [0.2, 0.25) is 5.95 Å². The second-order valence-corrected chi connectivity index (χ2v) is 8.39. The standard InChI is InChI=1S/C18H15N5O2S2/c24-27(25,16-8-2-1-3-9-16)23-18(20-13-15-7-5-11-26-15)21-17(22-23)14-6-4-10-19-12-14/h1-12H,13H2,(H,20,21,22). The number of benzene rings is 1. The molecule has 0 radical (unpaired) electrons. The molecule has 7 nitrogen and oxygen atoms in total. The predicted octanol–water partition coefficient (Wildman–Crippen LogP) is 3.25. The fraction of sp³-hybridized carbons (Fsp3) is 0.0556. The minimum absolute atomic E-state index is 0.145. The number of hydrogen-bond acceptors (Lipinski definition) is 7. The normalized spacial score (nSPS) is 11.4. The first-order valence-electron chi connectivity index (χ1n) is 8.09. The van der Waals surface area contributed by atoms with Crippen LogP contribution < -0.4 is 5.32 Å². The summed E-state index contributed by atoms with van der Waals surface area (Å²) >= 11 is 1.58. The van der Waals surface area contributed by atoms with Crippen LogP contribution >= 0.6 is 11.3 Å². The summed E-state index contributed by atoms with van der Waals surface area (Å²) in [6, 6.07) is 15.6. The van der Waals surface area contributed by atoms with Crippen LogP contribution in [0.1, 0.15) is 4.88 Å². The number of nitrogens with one attached hydrogen (secondary N) is 1. The smallest absolute Gasteiger partial charge is 0.286 e. The maximum absolute atomic E-state index is 13.1. The van der Waals surface area contributed by atoms with Crippen molar-refractivity contribution in [2.24, 2.45) is 0 Å². The Morgan fingerprint density at radius 3 is 2.59 bits per heavy atom. The first-order chi connectivity index (χ1) is 13.1. The molecule has 0 saturated heterocycles. The molecule has 3 heterocycles. The Morgan fingerprint density at radius 1 is 1.04 bits per heavy atom. The Bertz CT molecular complexity index is 1130. The zero-order valence-electron chi connectivity index (χ0n) is 14.1. The van der Waals surface area contributed by atoms with Gasteiger partial charge in [0.15, 0.2) is 5.82 Å². The van der Waals surface area contributed by atoms with E-state index >= 15 is 0 Å².